The molecule has 0 aliphatic carbocycles. The fourth-order valence-corrected chi connectivity index (χ4v) is 1.74. The lowest BCUT2D eigenvalue weighted by Crippen LogP contribution is -1.99. The number of rotatable bonds is 3. The molecule has 1 aromatic carbocycles. The van der Waals surface area contributed by atoms with Crippen molar-refractivity contribution >= 4 is 11.8 Å². The zero-order valence-electron chi connectivity index (χ0n) is 7.84. The van der Waals surface area contributed by atoms with Gasteiger partial charge in [-0.1, -0.05) is 12.1 Å². The highest BCUT2D eigenvalue weighted by atomic mass is 32.2. The highest BCUT2D eigenvalue weighted by molar-refractivity contribution is 8.00. The maximum absolute atomic E-state index is 12.1. The maximum atomic E-state index is 12.1. The third-order valence-electron chi connectivity index (χ3n) is 1.69. The molecular weight excluding hydrogens is 221 g/mol. The molecule has 15 heavy (non-hydrogen) atoms. The van der Waals surface area contributed by atoms with Gasteiger partial charge in [-0.3, -0.25) is 0 Å². The summed E-state index contributed by atoms with van der Waals surface area (Å²) in [5.41, 5.74) is -3.40. The lowest BCUT2D eigenvalue weighted by atomic mass is 10.1. The number of thioether (sulfide) groups is 1. The molecule has 0 heterocycles. The van der Waals surface area contributed by atoms with Crippen LogP contribution in [-0.2, 0) is 6.42 Å². The Labute approximate surface area is 90.9 Å². The quantitative estimate of drug-likeness (QED) is 0.561. The van der Waals surface area contributed by atoms with Crippen LogP contribution in [-0.4, -0.2) is 5.51 Å². The van der Waals surface area contributed by atoms with Gasteiger partial charge in [-0.2, -0.15) is 13.2 Å². The Hall–Kier alpha value is -1.08. The van der Waals surface area contributed by atoms with E-state index in [4.69, 9.17) is 6.42 Å². The Bertz CT molecular complexity index is 363. The highest BCUT2D eigenvalue weighted by Gasteiger charge is 2.29. The molecule has 0 saturated carbocycles. The Morgan fingerprint density at radius 3 is 2.67 bits per heavy atom. The summed E-state index contributed by atoms with van der Waals surface area (Å²) in [5, 5.41) is 0. The number of alkyl halides is 3. The van der Waals surface area contributed by atoms with E-state index in [0.29, 0.717) is 12.8 Å². The summed E-state index contributed by atoms with van der Waals surface area (Å²) in [6.45, 7) is 0. The first kappa shape index (κ1) is 12.0. The number of hydrogen-bond acceptors (Lipinski definition) is 1. The van der Waals surface area contributed by atoms with E-state index in [1.54, 1.807) is 12.1 Å². The lowest BCUT2D eigenvalue weighted by molar-refractivity contribution is -0.0328. The van der Waals surface area contributed by atoms with Crippen molar-refractivity contribution in [1.29, 1.82) is 0 Å². The predicted molar refractivity (Wildman–Crippen MR) is 55.5 cm³/mol. The van der Waals surface area contributed by atoms with Gasteiger partial charge < -0.3 is 0 Å². The van der Waals surface area contributed by atoms with Gasteiger partial charge in [0.2, 0.25) is 0 Å². The van der Waals surface area contributed by atoms with E-state index in [9.17, 15) is 13.2 Å². The average Bonchev–Trinajstić information content (AvgIpc) is 2.12. The minimum atomic E-state index is -4.23. The van der Waals surface area contributed by atoms with Crippen LogP contribution in [0.2, 0.25) is 0 Å². The second-order valence-corrected chi connectivity index (χ2v) is 4.04. The average molecular weight is 230 g/mol. The van der Waals surface area contributed by atoms with Gasteiger partial charge in [-0.15, -0.1) is 12.3 Å². The zero-order chi connectivity index (χ0) is 11.3. The molecule has 4 heteroatoms. The van der Waals surface area contributed by atoms with Gasteiger partial charge in [0.15, 0.2) is 0 Å². The first-order valence-electron chi connectivity index (χ1n) is 4.29. The van der Waals surface area contributed by atoms with Crippen LogP contribution >= 0.6 is 11.8 Å². The van der Waals surface area contributed by atoms with Crippen LogP contribution in [0.3, 0.4) is 0 Å². The van der Waals surface area contributed by atoms with Gasteiger partial charge in [-0.25, -0.2) is 0 Å². The molecule has 0 fully saturated rings. The molecule has 0 spiro atoms. The molecule has 0 aliphatic rings. The summed E-state index contributed by atoms with van der Waals surface area (Å²) >= 11 is -0.103. The molecule has 0 N–H and O–H groups in total. The zero-order valence-corrected chi connectivity index (χ0v) is 8.66. The number of hydrogen-bond donors (Lipinski definition) is 0. The molecule has 1 aromatic rings. The van der Waals surface area contributed by atoms with E-state index < -0.39 is 5.51 Å². The summed E-state index contributed by atoms with van der Waals surface area (Å²) < 4.78 is 36.2. The van der Waals surface area contributed by atoms with E-state index >= 15 is 0 Å². The van der Waals surface area contributed by atoms with Gasteiger partial charge in [0.25, 0.3) is 0 Å². The predicted octanol–water partition coefficient (Wildman–Crippen LogP) is 3.86. The van der Waals surface area contributed by atoms with Crippen LogP contribution in [0.15, 0.2) is 29.2 Å². The molecule has 0 aromatic heterocycles. The van der Waals surface area contributed by atoms with Gasteiger partial charge in [-0.05, 0) is 35.9 Å². The summed E-state index contributed by atoms with van der Waals surface area (Å²) in [7, 11) is 0. The number of benzene rings is 1. The molecule has 0 unspecified atom stereocenters. The van der Waals surface area contributed by atoms with Crippen molar-refractivity contribution in [2.75, 3.05) is 0 Å². The van der Waals surface area contributed by atoms with Gasteiger partial charge in [0.1, 0.15) is 0 Å². The summed E-state index contributed by atoms with van der Waals surface area (Å²) in [6.07, 6.45) is 6.24. The van der Waals surface area contributed by atoms with Crippen LogP contribution in [0.5, 0.6) is 0 Å². The van der Waals surface area contributed by atoms with Crippen molar-refractivity contribution in [2.45, 2.75) is 23.2 Å². The number of halogens is 3. The lowest BCUT2D eigenvalue weighted by Gasteiger charge is -2.06. The maximum Gasteiger partial charge on any atom is 0.446 e. The molecule has 0 amide bonds. The third-order valence-corrected chi connectivity index (χ3v) is 2.41. The minimum absolute atomic E-state index is 0.103. The number of aryl methyl sites for hydroxylation is 1. The third kappa shape index (κ3) is 4.80. The first-order chi connectivity index (χ1) is 7.01. The molecular formula is C11H9F3S. The van der Waals surface area contributed by atoms with Crippen LogP contribution < -0.4 is 0 Å². The van der Waals surface area contributed by atoms with Gasteiger partial charge in [0.05, 0.1) is 0 Å². The second kappa shape index (κ2) is 5.13. The fourth-order valence-electron chi connectivity index (χ4n) is 1.11. The fraction of sp³-hybridized carbons (Fsp3) is 0.273. The SMILES string of the molecule is C#CCCc1cccc(SC(F)(F)F)c1. The minimum Gasteiger partial charge on any atom is -0.160 e. The Morgan fingerprint density at radius 2 is 2.07 bits per heavy atom. The van der Waals surface area contributed by atoms with Gasteiger partial charge in [0, 0.05) is 11.3 Å². The molecule has 0 atom stereocenters. The Morgan fingerprint density at radius 1 is 1.33 bits per heavy atom. The van der Waals surface area contributed by atoms with Crippen LogP contribution in [0.1, 0.15) is 12.0 Å². The monoisotopic (exact) mass is 230 g/mol. The standard InChI is InChI=1S/C11H9F3S/c1-2-3-5-9-6-4-7-10(8-9)15-11(12,13)14/h1,4,6-8H,3,5H2. The molecule has 0 radical (unpaired) electrons. The first-order valence-corrected chi connectivity index (χ1v) is 5.11. The van der Waals surface area contributed by atoms with Gasteiger partial charge >= 0.3 is 5.51 Å². The summed E-state index contributed by atoms with van der Waals surface area (Å²) in [6, 6.07) is 6.35. The van der Waals surface area contributed by atoms with E-state index in [1.807, 2.05) is 0 Å². The normalized spacial score (nSPS) is 11.1. The molecule has 0 aliphatic heterocycles. The van der Waals surface area contributed by atoms with Crippen LogP contribution in [0.25, 0.3) is 0 Å². The van der Waals surface area contributed by atoms with E-state index in [-0.39, 0.29) is 16.7 Å². The van der Waals surface area contributed by atoms with Crippen molar-refractivity contribution in [2.24, 2.45) is 0 Å². The van der Waals surface area contributed by atoms with Crippen molar-refractivity contribution in [3.8, 4) is 12.3 Å². The van der Waals surface area contributed by atoms with Crippen molar-refractivity contribution in [1.82, 2.24) is 0 Å². The number of terminal acetylenes is 1. The Kier molecular flexibility index (Phi) is 4.10. The van der Waals surface area contributed by atoms with Crippen molar-refractivity contribution in [3.05, 3.63) is 29.8 Å². The molecule has 0 bridgehead atoms. The molecule has 0 nitrogen and oxygen atoms in total. The van der Waals surface area contributed by atoms with Crippen LogP contribution in [0.4, 0.5) is 13.2 Å². The van der Waals surface area contributed by atoms with E-state index in [0.717, 1.165) is 5.56 Å². The largest absolute Gasteiger partial charge is 0.446 e. The van der Waals surface area contributed by atoms with Crippen LogP contribution in [0, 0.1) is 12.3 Å². The highest BCUT2D eigenvalue weighted by Crippen LogP contribution is 2.36. The molecule has 80 valence electrons. The Balaban J connectivity index is 2.71. The summed E-state index contributed by atoms with van der Waals surface area (Å²) in [5.74, 6) is 2.45. The smallest absolute Gasteiger partial charge is 0.160 e. The summed E-state index contributed by atoms with van der Waals surface area (Å²) in [4.78, 5) is 0.206. The van der Waals surface area contributed by atoms with Crippen molar-refractivity contribution in [3.63, 3.8) is 0 Å². The molecule has 0 saturated heterocycles. The molecule has 1 rings (SSSR count). The second-order valence-electron chi connectivity index (χ2n) is 2.90. The van der Waals surface area contributed by atoms with E-state index in [2.05, 4.69) is 5.92 Å². The van der Waals surface area contributed by atoms with Crippen molar-refractivity contribution < 1.29 is 13.2 Å². The topological polar surface area (TPSA) is 0 Å². The van der Waals surface area contributed by atoms with E-state index in [1.165, 1.54) is 12.1 Å².